The van der Waals surface area contributed by atoms with Crippen molar-refractivity contribution >= 4 is 44.4 Å². The molecule has 0 radical (unpaired) electrons. The van der Waals surface area contributed by atoms with Gasteiger partial charge in [-0.2, -0.15) is 0 Å². The van der Waals surface area contributed by atoms with Gasteiger partial charge in [-0.15, -0.1) is 0 Å². The van der Waals surface area contributed by atoms with E-state index in [9.17, 15) is 4.79 Å². The number of hydrogen-bond acceptors (Lipinski definition) is 5. The molecular weight excluding hydrogens is 428 g/mol. The summed E-state index contributed by atoms with van der Waals surface area (Å²) in [7, 11) is 4.65. The molecule has 0 saturated heterocycles. The van der Waals surface area contributed by atoms with Crippen molar-refractivity contribution in [1.82, 2.24) is 0 Å². The molecule has 0 unspecified atom stereocenters. The molecule has 0 fully saturated rings. The third-order valence-corrected chi connectivity index (χ3v) is 6.18. The first-order valence-electron chi connectivity index (χ1n) is 10.9. The van der Waals surface area contributed by atoms with Crippen LogP contribution in [0.15, 0.2) is 66.7 Å². The molecule has 0 bridgehead atoms. The standard InChI is InChI=1S/C29H24O5/c1-17-22-12-11-20-7-5-6-19-9-10-21(28(22)27(19)20)16-23(17)34-26(30)13-8-18-14-24(31-2)29(33-4)25(15-18)32-3/h5-16H,1-4H3. The molecule has 5 rings (SSSR count). The van der Waals surface area contributed by atoms with Crippen molar-refractivity contribution in [3.63, 3.8) is 0 Å². The van der Waals surface area contributed by atoms with Gasteiger partial charge in [0.2, 0.25) is 5.75 Å². The number of carbonyl (C=O) groups is 1. The van der Waals surface area contributed by atoms with E-state index in [2.05, 4.69) is 42.5 Å². The van der Waals surface area contributed by atoms with Gasteiger partial charge in [0.15, 0.2) is 11.5 Å². The van der Waals surface area contributed by atoms with E-state index in [-0.39, 0.29) is 0 Å². The molecule has 0 aromatic heterocycles. The predicted octanol–water partition coefficient (Wildman–Crippen LogP) is 6.54. The van der Waals surface area contributed by atoms with E-state index < -0.39 is 5.97 Å². The molecule has 0 spiro atoms. The Bertz CT molecular complexity index is 1520. The van der Waals surface area contributed by atoms with Crippen LogP contribution < -0.4 is 18.9 Å². The molecule has 0 saturated carbocycles. The molecule has 0 heterocycles. The third kappa shape index (κ3) is 3.55. The van der Waals surface area contributed by atoms with Crippen LogP contribution in [-0.2, 0) is 4.79 Å². The largest absolute Gasteiger partial charge is 0.493 e. The van der Waals surface area contributed by atoms with Crippen molar-refractivity contribution in [3.8, 4) is 23.0 Å². The molecule has 0 N–H and O–H groups in total. The van der Waals surface area contributed by atoms with Crippen LogP contribution in [0.4, 0.5) is 0 Å². The molecule has 34 heavy (non-hydrogen) atoms. The zero-order valence-corrected chi connectivity index (χ0v) is 19.5. The molecular formula is C29H24O5. The lowest BCUT2D eigenvalue weighted by atomic mass is 9.92. The Morgan fingerprint density at radius 3 is 2.03 bits per heavy atom. The Hall–Kier alpha value is -4.25. The van der Waals surface area contributed by atoms with Gasteiger partial charge in [-0.05, 0) is 74.6 Å². The van der Waals surface area contributed by atoms with Crippen molar-refractivity contribution in [2.45, 2.75) is 6.92 Å². The first-order chi connectivity index (χ1) is 16.5. The van der Waals surface area contributed by atoms with Gasteiger partial charge < -0.3 is 18.9 Å². The highest BCUT2D eigenvalue weighted by molar-refractivity contribution is 6.24. The first kappa shape index (κ1) is 21.6. The van der Waals surface area contributed by atoms with Crippen LogP contribution in [0.25, 0.3) is 38.4 Å². The lowest BCUT2D eigenvalue weighted by Crippen LogP contribution is -2.05. The van der Waals surface area contributed by atoms with Crippen molar-refractivity contribution < 1.29 is 23.7 Å². The van der Waals surface area contributed by atoms with Gasteiger partial charge in [-0.3, -0.25) is 0 Å². The summed E-state index contributed by atoms with van der Waals surface area (Å²) in [5.41, 5.74) is 1.65. The fraction of sp³-hybridized carbons (Fsp3) is 0.138. The van der Waals surface area contributed by atoms with Crippen LogP contribution in [-0.4, -0.2) is 27.3 Å². The van der Waals surface area contributed by atoms with Crippen LogP contribution in [0, 0.1) is 6.92 Å². The summed E-state index contributed by atoms with van der Waals surface area (Å²) in [4.78, 5) is 12.7. The Balaban J connectivity index is 1.48. The molecule has 5 aromatic carbocycles. The van der Waals surface area contributed by atoms with Crippen molar-refractivity contribution in [3.05, 3.63) is 77.9 Å². The maximum Gasteiger partial charge on any atom is 0.336 e. The smallest absolute Gasteiger partial charge is 0.336 e. The summed E-state index contributed by atoms with van der Waals surface area (Å²) in [5, 5.41) is 6.96. The van der Waals surface area contributed by atoms with Gasteiger partial charge in [0, 0.05) is 6.08 Å². The second kappa shape index (κ2) is 8.60. The Morgan fingerprint density at radius 2 is 1.38 bits per heavy atom. The molecule has 0 aliphatic heterocycles. The topological polar surface area (TPSA) is 54.0 Å². The highest BCUT2D eigenvalue weighted by Gasteiger charge is 2.15. The van der Waals surface area contributed by atoms with Crippen LogP contribution in [0.5, 0.6) is 23.0 Å². The maximum absolute atomic E-state index is 12.7. The second-order valence-corrected chi connectivity index (χ2v) is 8.07. The molecule has 0 aliphatic carbocycles. The quantitative estimate of drug-likeness (QED) is 0.127. The average molecular weight is 453 g/mol. The third-order valence-electron chi connectivity index (χ3n) is 6.18. The summed E-state index contributed by atoms with van der Waals surface area (Å²) in [6, 6.07) is 20.2. The number of rotatable bonds is 6. The van der Waals surface area contributed by atoms with Crippen LogP contribution in [0.1, 0.15) is 11.1 Å². The zero-order valence-electron chi connectivity index (χ0n) is 19.5. The lowest BCUT2D eigenvalue weighted by Gasteiger charge is -2.15. The van der Waals surface area contributed by atoms with E-state index in [0.29, 0.717) is 23.0 Å². The predicted molar refractivity (Wildman–Crippen MR) is 136 cm³/mol. The normalized spacial score (nSPS) is 11.5. The van der Waals surface area contributed by atoms with E-state index in [1.165, 1.54) is 27.6 Å². The van der Waals surface area contributed by atoms with Gasteiger partial charge in [-0.1, -0.05) is 42.5 Å². The molecule has 0 atom stereocenters. The van der Waals surface area contributed by atoms with Crippen LogP contribution in [0.3, 0.4) is 0 Å². The Labute approximate surface area is 197 Å². The van der Waals surface area contributed by atoms with E-state index in [0.717, 1.165) is 21.9 Å². The number of ether oxygens (including phenoxy) is 4. The molecule has 0 aliphatic rings. The highest BCUT2D eigenvalue weighted by atomic mass is 16.5. The van der Waals surface area contributed by atoms with Crippen molar-refractivity contribution in [1.29, 1.82) is 0 Å². The van der Waals surface area contributed by atoms with Gasteiger partial charge in [0.05, 0.1) is 21.3 Å². The minimum absolute atomic E-state index is 0.468. The van der Waals surface area contributed by atoms with Crippen LogP contribution >= 0.6 is 0 Å². The minimum atomic E-state index is -0.468. The molecule has 5 heteroatoms. The number of carbonyl (C=O) groups excluding carboxylic acids is 1. The second-order valence-electron chi connectivity index (χ2n) is 8.07. The maximum atomic E-state index is 12.7. The molecule has 0 amide bonds. The summed E-state index contributed by atoms with van der Waals surface area (Å²) in [6.07, 6.45) is 3.05. The van der Waals surface area contributed by atoms with Crippen molar-refractivity contribution in [2.24, 2.45) is 0 Å². The summed E-state index contributed by atoms with van der Waals surface area (Å²) in [6.45, 7) is 1.98. The van der Waals surface area contributed by atoms with E-state index in [4.69, 9.17) is 18.9 Å². The average Bonchev–Trinajstić information content (AvgIpc) is 2.87. The summed E-state index contributed by atoms with van der Waals surface area (Å²) < 4.78 is 21.9. The monoisotopic (exact) mass is 452 g/mol. The zero-order chi connectivity index (χ0) is 23.8. The van der Waals surface area contributed by atoms with E-state index in [1.807, 2.05) is 13.0 Å². The summed E-state index contributed by atoms with van der Waals surface area (Å²) in [5.74, 6) is 1.60. The fourth-order valence-electron chi connectivity index (χ4n) is 4.53. The van der Waals surface area contributed by atoms with E-state index in [1.54, 1.807) is 39.5 Å². The number of aryl methyl sites for hydroxylation is 1. The first-order valence-corrected chi connectivity index (χ1v) is 10.9. The minimum Gasteiger partial charge on any atom is -0.493 e. The fourth-order valence-corrected chi connectivity index (χ4v) is 4.53. The Morgan fingerprint density at radius 1 is 0.735 bits per heavy atom. The molecule has 5 nitrogen and oxygen atoms in total. The van der Waals surface area contributed by atoms with Gasteiger partial charge >= 0.3 is 5.97 Å². The molecule has 5 aromatic rings. The summed E-state index contributed by atoms with van der Waals surface area (Å²) >= 11 is 0. The van der Waals surface area contributed by atoms with Gasteiger partial charge in [0.1, 0.15) is 5.75 Å². The van der Waals surface area contributed by atoms with Gasteiger partial charge in [-0.25, -0.2) is 4.79 Å². The number of hydrogen-bond donors (Lipinski definition) is 0. The SMILES string of the molecule is COc1cc(C=CC(=O)Oc2cc3ccc4cccc5ccc(c2C)c3c45)cc(OC)c1OC. The Kier molecular flexibility index (Phi) is 5.46. The van der Waals surface area contributed by atoms with E-state index >= 15 is 0 Å². The number of esters is 1. The van der Waals surface area contributed by atoms with Crippen LogP contribution in [0.2, 0.25) is 0 Å². The molecule has 170 valence electrons. The number of methoxy groups -OCH3 is 3. The van der Waals surface area contributed by atoms with Gasteiger partial charge in [0.25, 0.3) is 0 Å². The lowest BCUT2D eigenvalue weighted by molar-refractivity contribution is -0.128. The van der Waals surface area contributed by atoms with Crippen molar-refractivity contribution in [2.75, 3.05) is 21.3 Å². The highest BCUT2D eigenvalue weighted by Crippen LogP contribution is 2.40. The number of benzene rings is 5.